The van der Waals surface area contributed by atoms with Gasteiger partial charge in [-0.1, -0.05) is 18.2 Å². The molecule has 0 bridgehead atoms. The average molecular weight is 338 g/mol. The molecule has 1 heterocycles. The lowest BCUT2D eigenvalue weighted by molar-refractivity contribution is 0.281. The molecule has 0 aromatic heterocycles. The lowest BCUT2D eigenvalue weighted by Gasteiger charge is -2.21. The van der Waals surface area contributed by atoms with Crippen LogP contribution in [-0.4, -0.2) is 5.11 Å². The molecule has 1 N–H and O–H groups in total. The number of benzene rings is 2. The minimum atomic E-state index is 0.0499. The summed E-state index contributed by atoms with van der Waals surface area (Å²) >= 11 is 2.30. The van der Waals surface area contributed by atoms with Crippen LogP contribution in [-0.2, 0) is 13.0 Å². The van der Waals surface area contributed by atoms with E-state index in [1.165, 1.54) is 11.1 Å². The van der Waals surface area contributed by atoms with Crippen molar-refractivity contribution < 1.29 is 9.84 Å². The summed E-state index contributed by atoms with van der Waals surface area (Å²) < 4.78 is 7.04. The monoisotopic (exact) mass is 338 g/mol. The summed E-state index contributed by atoms with van der Waals surface area (Å²) in [7, 11) is 0. The molecule has 3 rings (SSSR count). The molecule has 0 radical (unpaired) electrons. The van der Waals surface area contributed by atoms with Crippen LogP contribution in [0.3, 0.4) is 0 Å². The lowest BCUT2D eigenvalue weighted by atomic mass is 9.99. The van der Waals surface area contributed by atoms with Gasteiger partial charge in [0, 0.05) is 15.6 Å². The number of hydrogen-bond acceptors (Lipinski definition) is 2. The van der Waals surface area contributed by atoms with E-state index in [9.17, 15) is 5.11 Å². The molecule has 3 heteroatoms. The van der Waals surface area contributed by atoms with Gasteiger partial charge in [0.15, 0.2) is 0 Å². The van der Waals surface area contributed by atoms with Crippen molar-refractivity contribution in [2.45, 2.75) is 13.0 Å². The second-order valence-corrected chi connectivity index (χ2v) is 5.26. The Morgan fingerprint density at radius 3 is 2.82 bits per heavy atom. The molecule has 17 heavy (non-hydrogen) atoms. The minimum Gasteiger partial charge on any atom is -0.457 e. The molecule has 1 aliphatic heterocycles. The highest BCUT2D eigenvalue weighted by Gasteiger charge is 2.19. The highest BCUT2D eigenvalue weighted by molar-refractivity contribution is 14.1. The molecule has 2 nitrogen and oxygen atoms in total. The second-order valence-electron chi connectivity index (χ2n) is 4.10. The van der Waals surface area contributed by atoms with Gasteiger partial charge in [-0.3, -0.25) is 0 Å². The van der Waals surface area contributed by atoms with Gasteiger partial charge in [-0.25, -0.2) is 0 Å². The SMILES string of the molecule is OCc1cc(I)c2c(c1)Oc1ccccc1C2. The van der Waals surface area contributed by atoms with Crippen LogP contribution in [0.1, 0.15) is 16.7 Å². The van der Waals surface area contributed by atoms with Crippen LogP contribution < -0.4 is 4.74 Å². The minimum absolute atomic E-state index is 0.0499. The van der Waals surface area contributed by atoms with Crippen molar-refractivity contribution in [3.8, 4) is 11.5 Å². The zero-order valence-electron chi connectivity index (χ0n) is 9.11. The Hall–Kier alpha value is -1.07. The predicted octanol–water partition coefficient (Wildman–Crippen LogP) is 3.48. The summed E-state index contributed by atoms with van der Waals surface area (Å²) in [6, 6.07) is 12.0. The van der Waals surface area contributed by atoms with E-state index in [2.05, 4.69) is 28.7 Å². The van der Waals surface area contributed by atoms with Gasteiger partial charge in [0.05, 0.1) is 6.61 Å². The molecule has 0 atom stereocenters. The van der Waals surface area contributed by atoms with Crippen molar-refractivity contribution in [1.29, 1.82) is 0 Å². The smallest absolute Gasteiger partial charge is 0.132 e. The Morgan fingerprint density at radius 1 is 1.18 bits per heavy atom. The zero-order chi connectivity index (χ0) is 11.8. The number of aliphatic hydroxyl groups is 1. The normalized spacial score (nSPS) is 12.6. The maximum atomic E-state index is 9.20. The molecule has 0 fully saturated rings. The summed E-state index contributed by atoms with van der Waals surface area (Å²) in [6.07, 6.45) is 0.898. The van der Waals surface area contributed by atoms with Gasteiger partial charge in [0.25, 0.3) is 0 Å². The third-order valence-corrected chi connectivity index (χ3v) is 3.92. The van der Waals surface area contributed by atoms with Gasteiger partial charge in [-0.2, -0.15) is 0 Å². The molecular formula is C14H11IO2. The fourth-order valence-corrected chi connectivity index (χ4v) is 2.93. The molecule has 0 saturated heterocycles. The van der Waals surface area contributed by atoms with E-state index in [0.717, 1.165) is 27.1 Å². The molecule has 1 aliphatic rings. The summed E-state index contributed by atoms with van der Waals surface area (Å²) in [5.41, 5.74) is 3.32. The third-order valence-electron chi connectivity index (χ3n) is 2.96. The molecule has 86 valence electrons. The summed E-state index contributed by atoms with van der Waals surface area (Å²) in [5, 5.41) is 9.20. The quantitative estimate of drug-likeness (QED) is 0.689. The van der Waals surface area contributed by atoms with E-state index in [0.29, 0.717) is 0 Å². The van der Waals surface area contributed by atoms with E-state index in [4.69, 9.17) is 4.74 Å². The predicted molar refractivity (Wildman–Crippen MR) is 74.4 cm³/mol. The van der Waals surface area contributed by atoms with Crippen molar-refractivity contribution in [1.82, 2.24) is 0 Å². The van der Waals surface area contributed by atoms with E-state index < -0.39 is 0 Å². The third kappa shape index (κ3) is 1.93. The fourth-order valence-electron chi connectivity index (χ4n) is 2.08. The fraction of sp³-hybridized carbons (Fsp3) is 0.143. The van der Waals surface area contributed by atoms with E-state index >= 15 is 0 Å². The molecule has 2 aromatic carbocycles. The first kappa shape index (κ1) is 11.0. The van der Waals surface area contributed by atoms with Gasteiger partial charge in [0.2, 0.25) is 0 Å². The van der Waals surface area contributed by atoms with Gasteiger partial charge >= 0.3 is 0 Å². The highest BCUT2D eigenvalue weighted by atomic mass is 127. The second kappa shape index (κ2) is 4.31. The molecule has 0 aliphatic carbocycles. The van der Waals surface area contributed by atoms with Crippen molar-refractivity contribution in [3.05, 3.63) is 56.7 Å². The zero-order valence-corrected chi connectivity index (χ0v) is 11.3. The first-order chi connectivity index (χ1) is 8.28. The maximum Gasteiger partial charge on any atom is 0.132 e. The molecular weight excluding hydrogens is 327 g/mol. The Labute approximate surface area is 113 Å². The van der Waals surface area contributed by atoms with Crippen molar-refractivity contribution in [3.63, 3.8) is 0 Å². The molecule has 0 spiro atoms. The van der Waals surface area contributed by atoms with Crippen LogP contribution in [0.15, 0.2) is 36.4 Å². The Morgan fingerprint density at radius 2 is 2.00 bits per heavy atom. The summed E-state index contributed by atoms with van der Waals surface area (Å²) in [4.78, 5) is 0. The van der Waals surface area contributed by atoms with Crippen LogP contribution in [0.2, 0.25) is 0 Å². The number of aliphatic hydroxyl groups excluding tert-OH is 1. The molecule has 0 amide bonds. The Kier molecular flexibility index (Phi) is 2.80. The van der Waals surface area contributed by atoms with E-state index in [-0.39, 0.29) is 6.61 Å². The van der Waals surface area contributed by atoms with Gasteiger partial charge in [0.1, 0.15) is 11.5 Å². The van der Waals surface area contributed by atoms with Crippen molar-refractivity contribution >= 4 is 22.6 Å². The first-order valence-electron chi connectivity index (χ1n) is 5.46. The van der Waals surface area contributed by atoms with E-state index in [1.807, 2.05) is 30.3 Å². The van der Waals surface area contributed by atoms with Crippen LogP contribution >= 0.6 is 22.6 Å². The number of hydrogen-bond donors (Lipinski definition) is 1. The number of fused-ring (bicyclic) bond motifs is 2. The number of para-hydroxylation sites is 1. The number of rotatable bonds is 1. The molecule has 0 unspecified atom stereocenters. The van der Waals surface area contributed by atoms with Gasteiger partial charge in [-0.05, 0) is 51.9 Å². The highest BCUT2D eigenvalue weighted by Crippen LogP contribution is 2.39. The average Bonchev–Trinajstić information content (AvgIpc) is 2.36. The van der Waals surface area contributed by atoms with Gasteiger partial charge in [-0.15, -0.1) is 0 Å². The number of ether oxygens (including phenoxy) is 1. The lowest BCUT2D eigenvalue weighted by Crippen LogP contribution is -2.05. The van der Waals surface area contributed by atoms with Crippen molar-refractivity contribution in [2.24, 2.45) is 0 Å². The van der Waals surface area contributed by atoms with Crippen LogP contribution in [0.5, 0.6) is 11.5 Å². The van der Waals surface area contributed by atoms with Crippen LogP contribution in [0.25, 0.3) is 0 Å². The summed E-state index contributed by atoms with van der Waals surface area (Å²) in [5.74, 6) is 1.80. The number of halogens is 1. The standard InChI is InChI=1S/C14H11IO2/c15-12-5-9(8-16)6-14-11(12)7-10-3-1-2-4-13(10)17-14/h1-6,16H,7-8H2. The topological polar surface area (TPSA) is 29.5 Å². The summed E-state index contributed by atoms with van der Waals surface area (Å²) in [6.45, 7) is 0.0499. The van der Waals surface area contributed by atoms with E-state index in [1.54, 1.807) is 0 Å². The molecule has 2 aromatic rings. The Balaban J connectivity index is 2.11. The first-order valence-corrected chi connectivity index (χ1v) is 6.53. The maximum absolute atomic E-state index is 9.20. The molecule has 0 saturated carbocycles. The van der Waals surface area contributed by atoms with Crippen LogP contribution in [0.4, 0.5) is 0 Å². The van der Waals surface area contributed by atoms with Crippen molar-refractivity contribution in [2.75, 3.05) is 0 Å². The van der Waals surface area contributed by atoms with Crippen LogP contribution in [0, 0.1) is 3.57 Å². The largest absolute Gasteiger partial charge is 0.457 e. The Bertz CT molecular complexity index is 578. The van der Waals surface area contributed by atoms with Gasteiger partial charge < -0.3 is 9.84 Å².